The Morgan fingerprint density at radius 1 is 1.26 bits per heavy atom. The van der Waals surface area contributed by atoms with Gasteiger partial charge in [0.15, 0.2) is 0 Å². The molecule has 0 heterocycles. The summed E-state index contributed by atoms with van der Waals surface area (Å²) in [6.07, 6.45) is 2.78. The molecule has 0 fully saturated rings. The van der Waals surface area contributed by atoms with E-state index in [2.05, 4.69) is 32.0 Å². The van der Waals surface area contributed by atoms with Crippen molar-refractivity contribution in [1.29, 1.82) is 0 Å². The van der Waals surface area contributed by atoms with Crippen molar-refractivity contribution in [3.8, 4) is 0 Å². The van der Waals surface area contributed by atoms with Gasteiger partial charge in [-0.2, -0.15) is 0 Å². The molecular weight excluding hydrogens is 256 g/mol. The summed E-state index contributed by atoms with van der Waals surface area (Å²) in [7, 11) is 0. The Morgan fingerprint density at radius 3 is 2.53 bits per heavy atom. The highest BCUT2D eigenvalue weighted by Crippen LogP contribution is 2.27. The lowest BCUT2D eigenvalue weighted by Crippen LogP contribution is -2.23. The Hall–Kier alpha value is -0.960. The van der Waals surface area contributed by atoms with E-state index in [0.717, 1.165) is 25.0 Å². The Labute approximate surface area is 120 Å². The molecule has 0 aliphatic heterocycles. The van der Waals surface area contributed by atoms with Crippen molar-refractivity contribution in [2.24, 2.45) is 5.41 Å². The van der Waals surface area contributed by atoms with Crippen molar-refractivity contribution in [2.45, 2.75) is 51.9 Å². The number of carboxylic acids is 1. The van der Waals surface area contributed by atoms with Gasteiger partial charge in [-0.25, -0.2) is 0 Å². The maximum atomic E-state index is 11.0. The van der Waals surface area contributed by atoms with Gasteiger partial charge in [0.05, 0.1) is 5.41 Å². The van der Waals surface area contributed by atoms with Gasteiger partial charge in [-0.15, -0.1) is 11.8 Å². The molecular formula is C16H24O2S. The van der Waals surface area contributed by atoms with Gasteiger partial charge in [-0.3, -0.25) is 4.79 Å². The molecule has 0 bridgehead atoms. The van der Waals surface area contributed by atoms with E-state index in [0.29, 0.717) is 0 Å². The molecule has 0 saturated heterocycles. The number of unbranched alkanes of at least 4 members (excludes halogenated alkanes) is 1. The van der Waals surface area contributed by atoms with E-state index in [1.54, 1.807) is 13.8 Å². The zero-order valence-electron chi connectivity index (χ0n) is 12.3. The molecule has 3 heteroatoms. The normalized spacial score (nSPS) is 11.6. The summed E-state index contributed by atoms with van der Waals surface area (Å²) < 4.78 is 0. The van der Waals surface area contributed by atoms with Crippen LogP contribution in [-0.4, -0.2) is 16.8 Å². The Kier molecular flexibility index (Phi) is 5.92. The second-order valence-corrected chi connectivity index (χ2v) is 6.90. The molecule has 19 heavy (non-hydrogen) atoms. The SMILES string of the molecule is Cc1ccc(SCCCCC(C)(C)C(=O)O)c(C)c1. The molecule has 0 saturated carbocycles. The first-order chi connectivity index (χ1) is 8.83. The predicted molar refractivity (Wildman–Crippen MR) is 81.9 cm³/mol. The minimum absolute atomic E-state index is 0.593. The zero-order chi connectivity index (χ0) is 14.5. The highest BCUT2D eigenvalue weighted by atomic mass is 32.2. The highest BCUT2D eigenvalue weighted by molar-refractivity contribution is 7.99. The molecule has 106 valence electrons. The third-order valence-corrected chi connectivity index (χ3v) is 4.62. The van der Waals surface area contributed by atoms with E-state index >= 15 is 0 Å². The monoisotopic (exact) mass is 280 g/mol. The quantitative estimate of drug-likeness (QED) is 0.582. The van der Waals surface area contributed by atoms with Crippen molar-refractivity contribution in [3.05, 3.63) is 29.3 Å². The summed E-state index contributed by atoms with van der Waals surface area (Å²) in [4.78, 5) is 12.3. The molecule has 1 N–H and O–H groups in total. The summed E-state index contributed by atoms with van der Waals surface area (Å²) >= 11 is 1.87. The average Bonchev–Trinajstić information content (AvgIpc) is 2.31. The molecule has 0 atom stereocenters. The van der Waals surface area contributed by atoms with Crippen LogP contribution in [0.2, 0.25) is 0 Å². The summed E-state index contributed by atoms with van der Waals surface area (Å²) in [6, 6.07) is 6.52. The van der Waals surface area contributed by atoms with Crippen molar-refractivity contribution in [2.75, 3.05) is 5.75 Å². The first-order valence-electron chi connectivity index (χ1n) is 6.76. The van der Waals surface area contributed by atoms with Crippen LogP contribution in [0.1, 0.15) is 44.2 Å². The molecule has 2 nitrogen and oxygen atoms in total. The van der Waals surface area contributed by atoms with Gasteiger partial charge < -0.3 is 5.11 Å². The second-order valence-electron chi connectivity index (χ2n) is 5.76. The average molecular weight is 280 g/mol. The predicted octanol–water partition coefficient (Wildman–Crippen LogP) is 4.68. The maximum Gasteiger partial charge on any atom is 0.309 e. The summed E-state index contributed by atoms with van der Waals surface area (Å²) in [5.74, 6) is 0.356. The fourth-order valence-electron chi connectivity index (χ4n) is 1.92. The molecule has 0 aliphatic rings. The second kappa shape index (κ2) is 6.99. The largest absolute Gasteiger partial charge is 0.481 e. The van der Waals surface area contributed by atoms with Crippen LogP contribution >= 0.6 is 11.8 Å². The van der Waals surface area contributed by atoms with Crippen LogP contribution < -0.4 is 0 Å². The summed E-state index contributed by atoms with van der Waals surface area (Å²) in [5, 5.41) is 9.03. The Bertz CT molecular complexity index is 438. The number of hydrogen-bond acceptors (Lipinski definition) is 2. The van der Waals surface area contributed by atoms with E-state index in [1.807, 2.05) is 11.8 Å². The van der Waals surface area contributed by atoms with Crippen LogP contribution in [0.15, 0.2) is 23.1 Å². The highest BCUT2D eigenvalue weighted by Gasteiger charge is 2.25. The summed E-state index contributed by atoms with van der Waals surface area (Å²) in [5.41, 5.74) is 2.03. The molecule has 0 unspecified atom stereocenters. The van der Waals surface area contributed by atoms with E-state index in [-0.39, 0.29) is 0 Å². The van der Waals surface area contributed by atoms with Crippen LogP contribution in [0, 0.1) is 19.3 Å². The number of hydrogen-bond donors (Lipinski definition) is 1. The fourth-order valence-corrected chi connectivity index (χ4v) is 2.94. The number of aryl methyl sites for hydroxylation is 2. The van der Waals surface area contributed by atoms with E-state index in [1.165, 1.54) is 16.0 Å². The number of carbonyl (C=O) groups is 1. The van der Waals surface area contributed by atoms with Gasteiger partial charge in [-0.05, 0) is 57.9 Å². The Balaban J connectivity index is 2.30. The van der Waals surface area contributed by atoms with E-state index in [4.69, 9.17) is 5.11 Å². The zero-order valence-corrected chi connectivity index (χ0v) is 13.1. The molecule has 0 amide bonds. The number of rotatable bonds is 7. The molecule has 1 rings (SSSR count). The van der Waals surface area contributed by atoms with Crippen molar-refractivity contribution >= 4 is 17.7 Å². The van der Waals surface area contributed by atoms with Crippen LogP contribution in [-0.2, 0) is 4.79 Å². The van der Waals surface area contributed by atoms with Gasteiger partial charge in [0.25, 0.3) is 0 Å². The van der Waals surface area contributed by atoms with Crippen LogP contribution in [0.3, 0.4) is 0 Å². The Morgan fingerprint density at radius 2 is 1.95 bits per heavy atom. The fraction of sp³-hybridized carbons (Fsp3) is 0.562. The van der Waals surface area contributed by atoms with Crippen molar-refractivity contribution < 1.29 is 9.90 Å². The number of thioether (sulfide) groups is 1. The molecule has 0 aromatic heterocycles. The van der Waals surface area contributed by atoms with Gasteiger partial charge in [0.2, 0.25) is 0 Å². The molecule has 0 spiro atoms. The lowest BCUT2D eigenvalue weighted by Gasteiger charge is -2.18. The van der Waals surface area contributed by atoms with Gasteiger partial charge in [0.1, 0.15) is 0 Å². The van der Waals surface area contributed by atoms with Gasteiger partial charge in [0, 0.05) is 4.90 Å². The van der Waals surface area contributed by atoms with E-state index in [9.17, 15) is 4.79 Å². The first-order valence-corrected chi connectivity index (χ1v) is 7.75. The van der Waals surface area contributed by atoms with Crippen LogP contribution in [0.4, 0.5) is 0 Å². The molecule has 0 radical (unpaired) electrons. The van der Waals surface area contributed by atoms with E-state index < -0.39 is 11.4 Å². The third-order valence-electron chi connectivity index (χ3n) is 3.36. The minimum atomic E-state index is -0.700. The van der Waals surface area contributed by atoms with Crippen molar-refractivity contribution in [3.63, 3.8) is 0 Å². The number of benzene rings is 1. The van der Waals surface area contributed by atoms with Gasteiger partial charge in [-0.1, -0.05) is 24.1 Å². The minimum Gasteiger partial charge on any atom is -0.481 e. The van der Waals surface area contributed by atoms with Gasteiger partial charge >= 0.3 is 5.97 Å². The van der Waals surface area contributed by atoms with Crippen LogP contribution in [0.5, 0.6) is 0 Å². The summed E-state index contributed by atoms with van der Waals surface area (Å²) in [6.45, 7) is 7.84. The molecule has 1 aromatic rings. The standard InChI is InChI=1S/C16H24O2S/c1-12-7-8-14(13(2)11-12)19-10-6-5-9-16(3,4)15(17)18/h7-8,11H,5-6,9-10H2,1-4H3,(H,17,18). The van der Waals surface area contributed by atoms with Crippen molar-refractivity contribution in [1.82, 2.24) is 0 Å². The molecule has 1 aromatic carbocycles. The number of carboxylic acid groups (broad SMARTS) is 1. The smallest absolute Gasteiger partial charge is 0.309 e. The molecule has 0 aliphatic carbocycles. The lowest BCUT2D eigenvalue weighted by molar-refractivity contribution is -0.147. The van der Waals surface area contributed by atoms with Crippen LogP contribution in [0.25, 0.3) is 0 Å². The first kappa shape index (κ1) is 16.1. The lowest BCUT2D eigenvalue weighted by atomic mass is 9.88. The topological polar surface area (TPSA) is 37.3 Å². The number of aliphatic carboxylic acids is 1. The third kappa shape index (κ3) is 5.27. The maximum absolute atomic E-state index is 11.0.